The lowest BCUT2D eigenvalue weighted by Crippen LogP contribution is -2.39. The molecule has 2 heterocycles. The van der Waals surface area contributed by atoms with Crippen LogP contribution in [0, 0.1) is 6.92 Å². The zero-order valence-electron chi connectivity index (χ0n) is 12.4. The minimum absolute atomic E-state index is 0.439. The Morgan fingerprint density at radius 3 is 2.62 bits per heavy atom. The molecule has 0 unspecified atom stereocenters. The molecule has 0 bridgehead atoms. The zero-order valence-corrected chi connectivity index (χ0v) is 12.4. The number of nitrogens with two attached hydrogens (primary N) is 1. The van der Waals surface area contributed by atoms with Gasteiger partial charge in [0.1, 0.15) is 5.69 Å². The van der Waals surface area contributed by atoms with Crippen molar-refractivity contribution in [3.63, 3.8) is 0 Å². The first-order valence-electron chi connectivity index (χ1n) is 7.01. The highest BCUT2D eigenvalue weighted by atomic mass is 15.3. The number of imidazole rings is 1. The van der Waals surface area contributed by atoms with Crippen LogP contribution in [0.2, 0.25) is 0 Å². The number of aryl methyl sites for hydroxylation is 2. The highest BCUT2D eigenvalue weighted by molar-refractivity contribution is 6.02. The third-order valence-corrected chi connectivity index (χ3v) is 3.68. The second-order valence-electron chi connectivity index (χ2n) is 5.19. The molecule has 0 saturated carbocycles. The highest BCUT2D eigenvalue weighted by Gasteiger charge is 2.26. The minimum atomic E-state index is 0.439. The van der Waals surface area contributed by atoms with Crippen molar-refractivity contribution in [2.45, 2.75) is 26.9 Å². The number of fused-ring (bicyclic) bond motifs is 1. The first-order chi connectivity index (χ1) is 10.1. The zero-order chi connectivity index (χ0) is 15.0. The molecule has 5 heteroatoms. The summed E-state index contributed by atoms with van der Waals surface area (Å²) in [4.78, 5) is 10.8. The first kappa shape index (κ1) is 13.4. The van der Waals surface area contributed by atoms with Crippen LogP contribution in [0.3, 0.4) is 0 Å². The van der Waals surface area contributed by atoms with Crippen molar-refractivity contribution in [3.05, 3.63) is 54.0 Å². The SMILES string of the molecule is C=C1N=C(N)N(Cc2ccc(C)cc2)c2ncn(CC)c21. The Bertz CT molecular complexity index is 709. The topological polar surface area (TPSA) is 59.4 Å². The maximum atomic E-state index is 6.08. The molecule has 0 amide bonds. The lowest BCUT2D eigenvalue weighted by molar-refractivity contribution is 0.749. The van der Waals surface area contributed by atoms with Crippen LogP contribution in [0.4, 0.5) is 5.82 Å². The lowest BCUT2D eigenvalue weighted by Gasteiger charge is -2.27. The highest BCUT2D eigenvalue weighted by Crippen LogP contribution is 2.31. The van der Waals surface area contributed by atoms with Crippen LogP contribution < -0.4 is 10.6 Å². The van der Waals surface area contributed by atoms with E-state index in [1.54, 1.807) is 0 Å². The van der Waals surface area contributed by atoms with E-state index < -0.39 is 0 Å². The number of hydrogen-bond donors (Lipinski definition) is 1. The van der Waals surface area contributed by atoms with Gasteiger partial charge in [-0.05, 0) is 19.4 Å². The average Bonchev–Trinajstić information content (AvgIpc) is 2.89. The van der Waals surface area contributed by atoms with Crippen molar-refractivity contribution in [1.29, 1.82) is 0 Å². The summed E-state index contributed by atoms with van der Waals surface area (Å²) in [6, 6.07) is 8.39. The predicted octanol–water partition coefficient (Wildman–Crippen LogP) is 2.52. The molecule has 21 heavy (non-hydrogen) atoms. The van der Waals surface area contributed by atoms with Gasteiger partial charge in [0.15, 0.2) is 5.82 Å². The van der Waals surface area contributed by atoms with Crippen LogP contribution in [-0.4, -0.2) is 15.5 Å². The predicted molar refractivity (Wildman–Crippen MR) is 85.9 cm³/mol. The van der Waals surface area contributed by atoms with Crippen molar-refractivity contribution in [3.8, 4) is 0 Å². The Balaban J connectivity index is 1.98. The van der Waals surface area contributed by atoms with Crippen LogP contribution >= 0.6 is 0 Å². The maximum absolute atomic E-state index is 6.08. The van der Waals surface area contributed by atoms with Crippen LogP contribution in [0.15, 0.2) is 42.2 Å². The number of anilines is 1. The van der Waals surface area contributed by atoms with Gasteiger partial charge in [0.05, 0.1) is 18.6 Å². The molecule has 1 aliphatic rings. The molecule has 1 aromatic carbocycles. The smallest absolute Gasteiger partial charge is 0.202 e. The third-order valence-electron chi connectivity index (χ3n) is 3.68. The lowest BCUT2D eigenvalue weighted by atomic mass is 10.1. The standard InChI is InChI=1S/C16H19N5/c1-4-20-10-18-15-14(20)12(3)19-16(17)21(15)9-13-7-5-11(2)6-8-13/h5-8,10H,3-4,9H2,1-2H3,(H2,17,19). The maximum Gasteiger partial charge on any atom is 0.202 e. The Kier molecular flexibility index (Phi) is 3.25. The Labute approximate surface area is 124 Å². The largest absolute Gasteiger partial charge is 0.369 e. The molecule has 3 rings (SSSR count). The fraction of sp³-hybridized carbons (Fsp3) is 0.250. The molecule has 0 aliphatic carbocycles. The molecule has 5 nitrogen and oxygen atoms in total. The monoisotopic (exact) mass is 281 g/mol. The van der Waals surface area contributed by atoms with Crippen LogP contribution in [0.5, 0.6) is 0 Å². The van der Waals surface area contributed by atoms with Gasteiger partial charge in [-0.3, -0.25) is 4.90 Å². The Hall–Kier alpha value is -2.56. The molecule has 2 aromatic rings. The van der Waals surface area contributed by atoms with Gasteiger partial charge in [0, 0.05) is 6.54 Å². The number of rotatable bonds is 3. The molecule has 108 valence electrons. The molecular formula is C16H19N5. The van der Waals surface area contributed by atoms with Crippen molar-refractivity contribution < 1.29 is 0 Å². The Morgan fingerprint density at radius 2 is 1.95 bits per heavy atom. The number of aliphatic imine (C=N–C) groups is 1. The number of aromatic nitrogens is 2. The molecule has 0 spiro atoms. The van der Waals surface area contributed by atoms with Gasteiger partial charge in [-0.1, -0.05) is 36.4 Å². The molecule has 0 radical (unpaired) electrons. The molecular weight excluding hydrogens is 262 g/mol. The van der Waals surface area contributed by atoms with Crippen molar-refractivity contribution in [2.75, 3.05) is 4.90 Å². The van der Waals surface area contributed by atoms with Gasteiger partial charge >= 0.3 is 0 Å². The summed E-state index contributed by atoms with van der Waals surface area (Å²) in [7, 11) is 0. The van der Waals surface area contributed by atoms with Crippen molar-refractivity contribution in [2.24, 2.45) is 10.7 Å². The van der Waals surface area contributed by atoms with Crippen molar-refractivity contribution >= 4 is 17.5 Å². The fourth-order valence-corrected chi connectivity index (χ4v) is 2.50. The van der Waals surface area contributed by atoms with Crippen LogP contribution in [-0.2, 0) is 13.1 Å². The normalized spacial score (nSPS) is 14.1. The Morgan fingerprint density at radius 1 is 1.24 bits per heavy atom. The molecule has 0 saturated heterocycles. The van der Waals surface area contributed by atoms with Gasteiger partial charge in [0.25, 0.3) is 0 Å². The van der Waals surface area contributed by atoms with Crippen LogP contribution in [0.1, 0.15) is 23.7 Å². The minimum Gasteiger partial charge on any atom is -0.369 e. The van der Waals surface area contributed by atoms with E-state index in [4.69, 9.17) is 5.73 Å². The summed E-state index contributed by atoms with van der Waals surface area (Å²) in [6.45, 7) is 9.61. The van der Waals surface area contributed by atoms with Gasteiger partial charge < -0.3 is 10.3 Å². The van der Waals surface area contributed by atoms with E-state index in [2.05, 4.69) is 54.7 Å². The van der Waals surface area contributed by atoms with Crippen LogP contribution in [0.25, 0.3) is 5.70 Å². The second-order valence-corrected chi connectivity index (χ2v) is 5.19. The molecule has 0 fully saturated rings. The third kappa shape index (κ3) is 2.31. The molecule has 2 N–H and O–H groups in total. The number of guanidine groups is 1. The summed E-state index contributed by atoms with van der Waals surface area (Å²) in [5.41, 5.74) is 10.1. The molecule has 1 aliphatic heterocycles. The van der Waals surface area contributed by atoms with E-state index in [1.165, 1.54) is 11.1 Å². The van der Waals surface area contributed by atoms with E-state index in [-0.39, 0.29) is 0 Å². The number of nitrogens with zero attached hydrogens (tertiary/aromatic N) is 4. The molecule has 0 atom stereocenters. The second kappa shape index (κ2) is 5.09. The molecule has 1 aromatic heterocycles. The summed E-state index contributed by atoms with van der Waals surface area (Å²) in [5, 5.41) is 0. The quantitative estimate of drug-likeness (QED) is 0.940. The summed E-state index contributed by atoms with van der Waals surface area (Å²) in [5.74, 6) is 1.27. The number of benzene rings is 1. The van der Waals surface area contributed by atoms with E-state index in [0.29, 0.717) is 18.2 Å². The van der Waals surface area contributed by atoms with Gasteiger partial charge in [-0.2, -0.15) is 0 Å². The van der Waals surface area contributed by atoms with E-state index >= 15 is 0 Å². The summed E-state index contributed by atoms with van der Waals surface area (Å²) in [6.07, 6.45) is 1.81. The van der Waals surface area contributed by atoms with E-state index in [0.717, 1.165) is 18.1 Å². The fourth-order valence-electron chi connectivity index (χ4n) is 2.50. The summed E-state index contributed by atoms with van der Waals surface area (Å²) < 4.78 is 2.04. The van der Waals surface area contributed by atoms with Gasteiger partial charge in [-0.25, -0.2) is 9.98 Å². The number of hydrogen-bond acceptors (Lipinski definition) is 4. The van der Waals surface area contributed by atoms with E-state index in [9.17, 15) is 0 Å². The summed E-state index contributed by atoms with van der Waals surface area (Å²) >= 11 is 0. The van der Waals surface area contributed by atoms with Crippen molar-refractivity contribution in [1.82, 2.24) is 9.55 Å². The van der Waals surface area contributed by atoms with Gasteiger partial charge in [0.2, 0.25) is 5.96 Å². The first-order valence-corrected chi connectivity index (χ1v) is 7.01. The van der Waals surface area contributed by atoms with Gasteiger partial charge in [-0.15, -0.1) is 0 Å². The van der Waals surface area contributed by atoms with E-state index in [1.807, 2.05) is 15.8 Å². The average molecular weight is 281 g/mol.